The van der Waals surface area contributed by atoms with Crippen LogP contribution in [0.25, 0.3) is 0 Å². The van der Waals surface area contributed by atoms with E-state index in [0.29, 0.717) is 0 Å². The lowest BCUT2D eigenvalue weighted by Crippen LogP contribution is -2.53. The smallest absolute Gasteiger partial charge is 0.147 e. The zero-order valence-corrected chi connectivity index (χ0v) is 15.3. The number of rotatable bonds is 3. The van der Waals surface area contributed by atoms with Crippen molar-refractivity contribution in [1.29, 1.82) is 0 Å². The topological polar surface area (TPSA) is 21.3 Å². The summed E-state index contributed by atoms with van der Waals surface area (Å²) < 4.78 is 0. The van der Waals surface area contributed by atoms with Gasteiger partial charge in [0.1, 0.15) is 11.3 Å². The number of hydrogen-bond donors (Lipinski definition) is 1. The first-order chi connectivity index (χ1) is 13.9. The molecule has 0 aromatic heterocycles. The molecule has 134 valence electrons. The Kier molecular flexibility index (Phi) is 3.26. The molecule has 0 amide bonds. The van der Waals surface area contributed by atoms with Crippen molar-refractivity contribution in [1.82, 2.24) is 5.48 Å². The molecule has 2 heteroatoms. The molecule has 7 rings (SSSR count). The molecule has 2 nitrogen and oxygen atoms in total. The van der Waals surface area contributed by atoms with Crippen LogP contribution in [0.1, 0.15) is 39.3 Å². The van der Waals surface area contributed by atoms with E-state index in [1.54, 1.807) is 0 Å². The van der Waals surface area contributed by atoms with Crippen LogP contribution in [0.15, 0.2) is 103 Å². The van der Waals surface area contributed by atoms with E-state index in [-0.39, 0.29) is 5.92 Å². The van der Waals surface area contributed by atoms with Crippen molar-refractivity contribution < 1.29 is 4.84 Å². The minimum absolute atomic E-state index is 0.268. The molecule has 0 aliphatic heterocycles. The van der Waals surface area contributed by atoms with Crippen molar-refractivity contribution in [3.63, 3.8) is 0 Å². The van der Waals surface area contributed by atoms with Crippen LogP contribution in [0.5, 0.6) is 5.75 Å². The van der Waals surface area contributed by atoms with E-state index in [1.165, 1.54) is 33.4 Å². The highest BCUT2D eigenvalue weighted by molar-refractivity contribution is 5.71. The van der Waals surface area contributed by atoms with Crippen LogP contribution in [-0.4, -0.2) is 0 Å². The molecule has 4 aromatic rings. The number of nitrogens with one attached hydrogen (secondary N) is 1. The van der Waals surface area contributed by atoms with Gasteiger partial charge in [-0.2, -0.15) is 0 Å². The molecule has 0 atom stereocenters. The highest BCUT2D eigenvalue weighted by Gasteiger charge is 2.52. The highest BCUT2D eigenvalue weighted by atomic mass is 16.6. The zero-order valence-electron chi connectivity index (χ0n) is 15.3. The summed E-state index contributed by atoms with van der Waals surface area (Å²) in [6, 6.07) is 36.2. The Balaban J connectivity index is 1.64. The largest absolute Gasteiger partial charge is 0.407 e. The van der Waals surface area contributed by atoms with E-state index >= 15 is 0 Å². The molecule has 3 aliphatic rings. The molecule has 2 bridgehead atoms. The first kappa shape index (κ1) is 15.7. The van der Waals surface area contributed by atoms with Crippen molar-refractivity contribution in [3.8, 4) is 5.75 Å². The Bertz CT molecular complexity index is 1070. The Morgan fingerprint density at radius 1 is 0.536 bits per heavy atom. The van der Waals surface area contributed by atoms with E-state index in [0.717, 1.165) is 5.75 Å². The van der Waals surface area contributed by atoms with Crippen LogP contribution >= 0.6 is 0 Å². The predicted molar refractivity (Wildman–Crippen MR) is 110 cm³/mol. The number of hydroxylamine groups is 1. The second-order valence-corrected chi connectivity index (χ2v) is 7.46. The first-order valence-corrected chi connectivity index (χ1v) is 9.67. The fourth-order valence-corrected chi connectivity index (χ4v) is 5.00. The van der Waals surface area contributed by atoms with Crippen LogP contribution in [0, 0.1) is 0 Å². The van der Waals surface area contributed by atoms with Gasteiger partial charge in [-0.05, 0) is 45.5 Å². The Morgan fingerprint density at radius 2 is 0.964 bits per heavy atom. The molecule has 1 N–H and O–H groups in total. The average molecular weight is 361 g/mol. The molecule has 28 heavy (non-hydrogen) atoms. The molecular weight excluding hydrogens is 342 g/mol. The van der Waals surface area contributed by atoms with Gasteiger partial charge < -0.3 is 4.84 Å². The highest BCUT2D eigenvalue weighted by Crippen LogP contribution is 2.57. The lowest BCUT2D eigenvalue weighted by molar-refractivity contribution is 0.125. The average Bonchev–Trinajstić information content (AvgIpc) is 2.78. The molecular formula is C26H19NO. The molecule has 0 spiro atoms. The Labute approximate surface area is 164 Å². The van der Waals surface area contributed by atoms with Gasteiger partial charge in [0.25, 0.3) is 0 Å². The quantitative estimate of drug-likeness (QED) is 0.495. The predicted octanol–water partition coefficient (Wildman–Crippen LogP) is 5.37. The van der Waals surface area contributed by atoms with Gasteiger partial charge in [0.15, 0.2) is 0 Å². The molecule has 0 heterocycles. The van der Waals surface area contributed by atoms with Gasteiger partial charge in [0.2, 0.25) is 0 Å². The number of benzene rings is 4. The summed E-state index contributed by atoms with van der Waals surface area (Å²) in [5, 5.41) is 0. The van der Waals surface area contributed by atoms with E-state index < -0.39 is 5.54 Å². The summed E-state index contributed by atoms with van der Waals surface area (Å²) in [4.78, 5) is 6.18. The second kappa shape index (κ2) is 5.82. The first-order valence-electron chi connectivity index (χ1n) is 9.67. The van der Waals surface area contributed by atoms with Crippen molar-refractivity contribution in [2.24, 2.45) is 0 Å². The SMILES string of the molecule is c1ccc(ONC23c4ccccc4C(c4ccccc42)c2ccccc23)cc1. The fraction of sp³-hybridized carbons (Fsp3) is 0.0769. The van der Waals surface area contributed by atoms with Crippen LogP contribution in [0.4, 0.5) is 0 Å². The Hall–Kier alpha value is -3.36. The zero-order chi connectivity index (χ0) is 18.6. The molecule has 0 fully saturated rings. The lowest BCUT2D eigenvalue weighted by Gasteiger charge is -2.50. The standard InChI is InChI=1S/C26H19NO/c1-2-10-18(11-3-1)28-27-26-22-15-7-4-12-19(22)25(20-13-5-8-16-23(20)26)21-14-6-9-17-24(21)26/h1-17,25,27H. The van der Waals surface area contributed by atoms with Gasteiger partial charge in [0.05, 0.1) is 0 Å². The van der Waals surface area contributed by atoms with E-state index in [2.05, 4.69) is 78.3 Å². The second-order valence-electron chi connectivity index (χ2n) is 7.46. The number of para-hydroxylation sites is 1. The van der Waals surface area contributed by atoms with Crippen molar-refractivity contribution >= 4 is 0 Å². The lowest BCUT2D eigenvalue weighted by atomic mass is 9.57. The van der Waals surface area contributed by atoms with Gasteiger partial charge in [-0.1, -0.05) is 91.0 Å². The summed E-state index contributed by atoms with van der Waals surface area (Å²) in [7, 11) is 0. The fourth-order valence-electron chi connectivity index (χ4n) is 5.00. The minimum atomic E-state index is -0.533. The van der Waals surface area contributed by atoms with Crippen molar-refractivity contribution in [2.75, 3.05) is 0 Å². The van der Waals surface area contributed by atoms with E-state index in [1.807, 2.05) is 30.3 Å². The molecule has 3 aliphatic carbocycles. The molecule has 0 saturated carbocycles. The monoisotopic (exact) mass is 361 g/mol. The third-order valence-electron chi connectivity index (χ3n) is 6.09. The summed E-state index contributed by atoms with van der Waals surface area (Å²) in [5.74, 6) is 1.07. The van der Waals surface area contributed by atoms with Crippen molar-refractivity contribution in [3.05, 3.63) is 137 Å². The van der Waals surface area contributed by atoms with E-state index in [9.17, 15) is 0 Å². The normalized spacial score (nSPS) is 20.8. The molecule has 0 radical (unpaired) electrons. The maximum Gasteiger partial charge on any atom is 0.147 e. The van der Waals surface area contributed by atoms with Crippen LogP contribution in [0.2, 0.25) is 0 Å². The van der Waals surface area contributed by atoms with Crippen LogP contribution in [0.3, 0.4) is 0 Å². The van der Waals surface area contributed by atoms with E-state index in [4.69, 9.17) is 4.84 Å². The van der Waals surface area contributed by atoms with Crippen LogP contribution < -0.4 is 10.3 Å². The summed E-state index contributed by atoms with van der Waals surface area (Å²) in [5.41, 5.74) is 10.8. The van der Waals surface area contributed by atoms with Gasteiger partial charge in [-0.3, -0.25) is 0 Å². The molecule has 4 aromatic carbocycles. The summed E-state index contributed by atoms with van der Waals surface area (Å²) in [6.45, 7) is 0. The molecule has 0 unspecified atom stereocenters. The minimum Gasteiger partial charge on any atom is -0.407 e. The third kappa shape index (κ3) is 1.96. The number of hydrogen-bond acceptors (Lipinski definition) is 2. The summed E-state index contributed by atoms with van der Waals surface area (Å²) in [6.07, 6.45) is 0. The molecule has 0 saturated heterocycles. The maximum atomic E-state index is 6.18. The van der Waals surface area contributed by atoms with Gasteiger partial charge in [0, 0.05) is 5.92 Å². The maximum absolute atomic E-state index is 6.18. The summed E-state index contributed by atoms with van der Waals surface area (Å²) >= 11 is 0. The van der Waals surface area contributed by atoms with Gasteiger partial charge >= 0.3 is 0 Å². The van der Waals surface area contributed by atoms with Crippen molar-refractivity contribution in [2.45, 2.75) is 11.5 Å². The van der Waals surface area contributed by atoms with Gasteiger partial charge in [-0.15, -0.1) is 5.48 Å². The van der Waals surface area contributed by atoms with Gasteiger partial charge in [-0.25, -0.2) is 0 Å². The Morgan fingerprint density at radius 3 is 1.46 bits per heavy atom. The third-order valence-corrected chi connectivity index (χ3v) is 6.09. The van der Waals surface area contributed by atoms with Crippen LogP contribution in [-0.2, 0) is 5.54 Å².